The Morgan fingerprint density at radius 2 is 1.95 bits per heavy atom. The lowest BCUT2D eigenvalue weighted by molar-refractivity contribution is -0.385. The lowest BCUT2D eigenvalue weighted by Gasteiger charge is -1.97. The molecule has 0 unspecified atom stereocenters. The summed E-state index contributed by atoms with van der Waals surface area (Å²) in [5, 5.41) is 14.6. The first-order chi connectivity index (χ1) is 10.7. The maximum atomic E-state index is 11.7. The molecule has 2 rings (SSSR count). The molecule has 7 heteroatoms. The number of hydrogen-bond donors (Lipinski definition) is 1. The third-order valence-electron chi connectivity index (χ3n) is 2.68. The normalized spacial score (nSPS) is 10.9. The number of aromatic nitrogens is 1. The first kappa shape index (κ1) is 15.0. The number of hydrazone groups is 1. The smallest absolute Gasteiger partial charge is 0.267 e. The lowest BCUT2D eigenvalue weighted by atomic mass is 10.2. The summed E-state index contributed by atoms with van der Waals surface area (Å²) in [6.45, 7) is 0. The summed E-state index contributed by atoms with van der Waals surface area (Å²) in [5.41, 5.74) is 3.25. The number of nitro groups is 1. The Kier molecular flexibility index (Phi) is 5.09. The summed E-state index contributed by atoms with van der Waals surface area (Å²) in [4.78, 5) is 25.8. The van der Waals surface area contributed by atoms with Crippen molar-refractivity contribution in [3.05, 3.63) is 76.1 Å². The number of carbonyl (C=O) groups is 1. The second-order valence-corrected chi connectivity index (χ2v) is 4.13. The van der Waals surface area contributed by atoms with Gasteiger partial charge in [-0.25, -0.2) is 5.43 Å². The molecule has 0 bridgehead atoms. The SMILES string of the molecule is O=C(NN=CC=Cc1ccccc1[N+](=O)[O-])c1ccncc1. The van der Waals surface area contributed by atoms with Crippen LogP contribution in [0.1, 0.15) is 15.9 Å². The maximum absolute atomic E-state index is 11.7. The van der Waals surface area contributed by atoms with E-state index in [-0.39, 0.29) is 11.6 Å². The third-order valence-corrected chi connectivity index (χ3v) is 2.68. The van der Waals surface area contributed by atoms with Gasteiger partial charge in [-0.05, 0) is 30.4 Å². The average molecular weight is 296 g/mol. The molecule has 2 aromatic rings. The highest BCUT2D eigenvalue weighted by Gasteiger charge is 2.08. The average Bonchev–Trinajstić information content (AvgIpc) is 2.55. The molecule has 110 valence electrons. The fourth-order valence-electron chi connectivity index (χ4n) is 1.65. The summed E-state index contributed by atoms with van der Waals surface area (Å²) >= 11 is 0. The Hall–Kier alpha value is -3.35. The Balaban J connectivity index is 1.96. The van der Waals surface area contributed by atoms with Crippen molar-refractivity contribution in [1.82, 2.24) is 10.4 Å². The number of nitro benzene ring substituents is 1. The zero-order valence-electron chi connectivity index (χ0n) is 11.4. The molecular weight excluding hydrogens is 284 g/mol. The molecule has 0 saturated heterocycles. The van der Waals surface area contributed by atoms with Crippen molar-refractivity contribution in [2.45, 2.75) is 0 Å². The standard InChI is InChI=1S/C15H12N4O3/c20-15(13-7-10-16-11-8-13)18-17-9-3-5-12-4-1-2-6-14(12)19(21)22/h1-11H,(H,18,20). The van der Waals surface area contributed by atoms with Crippen molar-refractivity contribution in [3.8, 4) is 0 Å². The number of hydrogen-bond acceptors (Lipinski definition) is 5. The van der Waals surface area contributed by atoms with Crippen molar-refractivity contribution in [1.29, 1.82) is 0 Å². The van der Waals surface area contributed by atoms with Crippen LogP contribution in [0.3, 0.4) is 0 Å². The molecule has 0 spiro atoms. The molecule has 1 amide bonds. The molecule has 1 N–H and O–H groups in total. The van der Waals surface area contributed by atoms with E-state index in [4.69, 9.17) is 0 Å². The second-order valence-electron chi connectivity index (χ2n) is 4.13. The van der Waals surface area contributed by atoms with E-state index in [1.54, 1.807) is 36.4 Å². The van der Waals surface area contributed by atoms with Crippen LogP contribution in [0.5, 0.6) is 0 Å². The third kappa shape index (κ3) is 4.07. The Bertz CT molecular complexity index is 727. The molecule has 0 aliphatic carbocycles. The van der Waals surface area contributed by atoms with E-state index in [0.717, 1.165) is 0 Å². The molecular formula is C15H12N4O3. The predicted molar refractivity (Wildman–Crippen MR) is 82.3 cm³/mol. The predicted octanol–water partition coefficient (Wildman–Crippen LogP) is 2.42. The van der Waals surface area contributed by atoms with E-state index >= 15 is 0 Å². The number of carbonyl (C=O) groups excluding carboxylic acids is 1. The Labute approximate surface area is 126 Å². The van der Waals surface area contributed by atoms with Gasteiger partial charge in [0.15, 0.2) is 0 Å². The number of nitrogens with zero attached hydrogens (tertiary/aromatic N) is 3. The zero-order chi connectivity index (χ0) is 15.8. The number of amides is 1. The summed E-state index contributed by atoms with van der Waals surface area (Å²) in [6, 6.07) is 9.47. The van der Waals surface area contributed by atoms with E-state index in [9.17, 15) is 14.9 Å². The Morgan fingerprint density at radius 3 is 2.68 bits per heavy atom. The number of benzene rings is 1. The maximum Gasteiger partial charge on any atom is 0.276 e. The van der Waals surface area contributed by atoms with Gasteiger partial charge in [-0.15, -0.1) is 0 Å². The number of pyridine rings is 1. The number of para-hydroxylation sites is 1. The summed E-state index contributed by atoms with van der Waals surface area (Å²) in [7, 11) is 0. The summed E-state index contributed by atoms with van der Waals surface area (Å²) in [5.74, 6) is -0.363. The molecule has 0 atom stereocenters. The largest absolute Gasteiger partial charge is 0.276 e. The minimum atomic E-state index is -0.456. The van der Waals surface area contributed by atoms with E-state index < -0.39 is 4.92 Å². The molecule has 7 nitrogen and oxygen atoms in total. The van der Waals surface area contributed by atoms with E-state index in [1.165, 1.54) is 30.8 Å². The topological polar surface area (TPSA) is 97.5 Å². The molecule has 0 radical (unpaired) electrons. The molecule has 1 heterocycles. The minimum Gasteiger partial charge on any atom is -0.267 e. The van der Waals surface area contributed by atoms with Crippen molar-refractivity contribution in [3.63, 3.8) is 0 Å². The highest BCUT2D eigenvalue weighted by molar-refractivity contribution is 5.94. The van der Waals surface area contributed by atoms with Crippen LogP contribution in [0.15, 0.2) is 60.0 Å². The van der Waals surface area contributed by atoms with Crippen LogP contribution in [-0.2, 0) is 0 Å². The molecule has 0 aliphatic rings. The van der Waals surface area contributed by atoms with Gasteiger partial charge in [0.05, 0.1) is 10.5 Å². The van der Waals surface area contributed by atoms with Crippen molar-refractivity contribution in [2.75, 3.05) is 0 Å². The fourth-order valence-corrected chi connectivity index (χ4v) is 1.65. The van der Waals surface area contributed by atoms with Crippen LogP contribution < -0.4 is 5.43 Å². The van der Waals surface area contributed by atoms with Crippen LogP contribution in [-0.4, -0.2) is 22.0 Å². The molecule has 0 fully saturated rings. The van der Waals surface area contributed by atoms with Gasteiger partial charge in [-0.2, -0.15) is 5.10 Å². The van der Waals surface area contributed by atoms with E-state index in [0.29, 0.717) is 11.1 Å². The summed E-state index contributed by atoms with van der Waals surface area (Å²) < 4.78 is 0. The number of rotatable bonds is 5. The van der Waals surface area contributed by atoms with Crippen molar-refractivity contribution in [2.24, 2.45) is 5.10 Å². The fraction of sp³-hybridized carbons (Fsp3) is 0. The highest BCUT2D eigenvalue weighted by Crippen LogP contribution is 2.18. The van der Waals surface area contributed by atoms with Gasteiger partial charge in [-0.1, -0.05) is 12.1 Å². The van der Waals surface area contributed by atoms with Gasteiger partial charge >= 0.3 is 0 Å². The van der Waals surface area contributed by atoms with E-state index in [1.807, 2.05) is 0 Å². The minimum absolute atomic E-state index is 0.00738. The van der Waals surface area contributed by atoms with Crippen LogP contribution in [0.25, 0.3) is 6.08 Å². The lowest BCUT2D eigenvalue weighted by Crippen LogP contribution is -2.17. The molecule has 22 heavy (non-hydrogen) atoms. The molecule has 0 aliphatic heterocycles. The van der Waals surface area contributed by atoms with Crippen molar-refractivity contribution < 1.29 is 9.72 Å². The summed E-state index contributed by atoms with van der Waals surface area (Å²) in [6.07, 6.45) is 7.41. The van der Waals surface area contributed by atoms with Crippen molar-refractivity contribution >= 4 is 23.9 Å². The number of allylic oxidation sites excluding steroid dienone is 1. The first-order valence-corrected chi connectivity index (χ1v) is 6.32. The van der Waals surface area contributed by atoms with Gasteiger partial charge < -0.3 is 0 Å². The monoisotopic (exact) mass is 296 g/mol. The second kappa shape index (κ2) is 7.44. The zero-order valence-corrected chi connectivity index (χ0v) is 11.4. The highest BCUT2D eigenvalue weighted by atomic mass is 16.6. The first-order valence-electron chi connectivity index (χ1n) is 6.32. The van der Waals surface area contributed by atoms with Gasteiger partial charge in [0.25, 0.3) is 11.6 Å². The molecule has 1 aromatic carbocycles. The van der Waals surface area contributed by atoms with Gasteiger partial charge in [0.2, 0.25) is 0 Å². The van der Waals surface area contributed by atoms with Crippen LogP contribution >= 0.6 is 0 Å². The molecule has 0 saturated carbocycles. The number of nitrogens with one attached hydrogen (secondary N) is 1. The van der Waals surface area contributed by atoms with Crippen LogP contribution in [0, 0.1) is 10.1 Å². The Morgan fingerprint density at radius 1 is 1.23 bits per heavy atom. The van der Waals surface area contributed by atoms with E-state index in [2.05, 4.69) is 15.5 Å². The van der Waals surface area contributed by atoms with Gasteiger partial charge in [0.1, 0.15) is 0 Å². The van der Waals surface area contributed by atoms with Crippen LogP contribution in [0.4, 0.5) is 5.69 Å². The van der Waals surface area contributed by atoms with Gasteiger partial charge in [-0.3, -0.25) is 19.9 Å². The van der Waals surface area contributed by atoms with Crippen LogP contribution in [0.2, 0.25) is 0 Å². The quantitative estimate of drug-likeness (QED) is 0.520. The van der Waals surface area contributed by atoms with Gasteiger partial charge in [0, 0.05) is 30.2 Å². The molecule has 1 aromatic heterocycles.